The van der Waals surface area contributed by atoms with Crippen molar-refractivity contribution in [3.8, 4) is 0 Å². The fraction of sp³-hybridized carbons (Fsp3) is 0.235. The lowest BCUT2D eigenvalue weighted by Gasteiger charge is -2.18. The lowest BCUT2D eigenvalue weighted by molar-refractivity contribution is 0.0785. The van der Waals surface area contributed by atoms with Gasteiger partial charge in [-0.15, -0.1) is 0 Å². The van der Waals surface area contributed by atoms with Crippen molar-refractivity contribution in [2.75, 3.05) is 7.05 Å². The Morgan fingerprint density at radius 2 is 1.76 bits per heavy atom. The summed E-state index contributed by atoms with van der Waals surface area (Å²) in [6.07, 6.45) is 1.02. The number of carbonyl (C=O) groups excluding carboxylic acids is 1. The van der Waals surface area contributed by atoms with Crippen molar-refractivity contribution in [2.24, 2.45) is 0 Å². The van der Waals surface area contributed by atoms with E-state index in [1.807, 2.05) is 0 Å². The smallest absolute Gasteiger partial charge is 0.253 e. The van der Waals surface area contributed by atoms with Crippen LogP contribution in [0.15, 0.2) is 46.9 Å². The Bertz CT molecular complexity index is 640. The van der Waals surface area contributed by atoms with Crippen LogP contribution in [0.1, 0.15) is 28.4 Å². The predicted octanol–water partition coefficient (Wildman–Crippen LogP) is 4.94. The first kappa shape index (κ1) is 16.1. The molecule has 0 saturated carbocycles. The highest BCUT2D eigenvalue weighted by Crippen LogP contribution is 2.24. The lowest BCUT2D eigenvalue weighted by Crippen LogP contribution is -2.26. The summed E-state index contributed by atoms with van der Waals surface area (Å²) in [5.41, 5.74) is 3.05. The summed E-state index contributed by atoms with van der Waals surface area (Å²) < 4.78 is 0.732. The third-order valence-corrected chi connectivity index (χ3v) is 4.58. The summed E-state index contributed by atoms with van der Waals surface area (Å²) in [5.74, 6) is -0.0214. The van der Waals surface area contributed by atoms with Gasteiger partial charge in [-0.05, 0) is 51.7 Å². The summed E-state index contributed by atoms with van der Waals surface area (Å²) in [7, 11) is 1.80. The molecule has 21 heavy (non-hydrogen) atoms. The molecule has 0 N–H and O–H groups in total. The molecule has 0 aromatic heterocycles. The molecular formula is C17H17BrClNO. The molecule has 0 aliphatic heterocycles. The molecule has 2 aromatic rings. The van der Waals surface area contributed by atoms with E-state index in [4.69, 9.17) is 11.6 Å². The van der Waals surface area contributed by atoms with Crippen LogP contribution in [0.2, 0.25) is 5.02 Å². The highest BCUT2D eigenvalue weighted by atomic mass is 79.9. The van der Waals surface area contributed by atoms with E-state index < -0.39 is 0 Å². The third-order valence-electron chi connectivity index (χ3n) is 3.36. The molecule has 2 nitrogen and oxygen atoms in total. The van der Waals surface area contributed by atoms with Crippen molar-refractivity contribution in [2.45, 2.75) is 19.9 Å². The van der Waals surface area contributed by atoms with Crippen LogP contribution in [0.3, 0.4) is 0 Å². The van der Waals surface area contributed by atoms with Crippen LogP contribution in [0.25, 0.3) is 0 Å². The van der Waals surface area contributed by atoms with Gasteiger partial charge in [0.2, 0.25) is 0 Å². The fourth-order valence-electron chi connectivity index (χ4n) is 2.08. The minimum Gasteiger partial charge on any atom is -0.337 e. The normalized spacial score (nSPS) is 10.5. The van der Waals surface area contributed by atoms with E-state index >= 15 is 0 Å². The molecule has 0 aliphatic carbocycles. The number of benzene rings is 2. The van der Waals surface area contributed by atoms with Crippen LogP contribution in [-0.4, -0.2) is 17.9 Å². The zero-order valence-electron chi connectivity index (χ0n) is 12.1. The second-order valence-electron chi connectivity index (χ2n) is 4.96. The Balaban J connectivity index is 2.09. The monoisotopic (exact) mass is 365 g/mol. The molecule has 4 heteroatoms. The van der Waals surface area contributed by atoms with Crippen LogP contribution in [0, 0.1) is 0 Å². The number of amides is 1. The first-order valence-corrected chi connectivity index (χ1v) is 7.96. The van der Waals surface area contributed by atoms with Gasteiger partial charge in [0, 0.05) is 23.6 Å². The molecule has 0 aliphatic rings. The summed E-state index contributed by atoms with van der Waals surface area (Å²) in [5, 5.41) is 0.601. The van der Waals surface area contributed by atoms with E-state index in [1.165, 1.54) is 5.56 Å². The molecule has 2 rings (SSSR count). The Hall–Kier alpha value is -1.32. The first-order chi connectivity index (χ1) is 10.0. The van der Waals surface area contributed by atoms with E-state index in [0.29, 0.717) is 17.1 Å². The number of rotatable bonds is 4. The van der Waals surface area contributed by atoms with E-state index in [0.717, 1.165) is 16.5 Å². The number of halogens is 2. The number of carbonyl (C=O) groups is 1. The minimum atomic E-state index is -0.0214. The van der Waals surface area contributed by atoms with Gasteiger partial charge in [0.25, 0.3) is 5.91 Å². The van der Waals surface area contributed by atoms with Crippen LogP contribution in [-0.2, 0) is 13.0 Å². The van der Waals surface area contributed by atoms with Crippen LogP contribution >= 0.6 is 27.5 Å². The van der Waals surface area contributed by atoms with Gasteiger partial charge in [0.15, 0.2) is 0 Å². The van der Waals surface area contributed by atoms with E-state index in [9.17, 15) is 4.79 Å². The highest BCUT2D eigenvalue weighted by molar-refractivity contribution is 9.10. The van der Waals surface area contributed by atoms with Gasteiger partial charge in [0.05, 0.1) is 5.02 Å². The Morgan fingerprint density at radius 3 is 2.33 bits per heavy atom. The number of aryl methyl sites for hydroxylation is 1. The molecule has 0 unspecified atom stereocenters. The minimum absolute atomic E-state index is 0.0214. The van der Waals surface area contributed by atoms with Gasteiger partial charge >= 0.3 is 0 Å². The topological polar surface area (TPSA) is 20.3 Å². The molecule has 110 valence electrons. The third kappa shape index (κ3) is 4.08. The fourth-order valence-corrected chi connectivity index (χ4v) is 2.57. The van der Waals surface area contributed by atoms with Gasteiger partial charge in [0.1, 0.15) is 0 Å². The van der Waals surface area contributed by atoms with Crippen molar-refractivity contribution in [1.82, 2.24) is 4.90 Å². The van der Waals surface area contributed by atoms with E-state index in [-0.39, 0.29) is 5.91 Å². The van der Waals surface area contributed by atoms with Gasteiger partial charge in [-0.1, -0.05) is 42.8 Å². The maximum atomic E-state index is 12.4. The maximum Gasteiger partial charge on any atom is 0.253 e. The summed E-state index contributed by atoms with van der Waals surface area (Å²) in [6.45, 7) is 2.71. The van der Waals surface area contributed by atoms with Crippen molar-refractivity contribution < 1.29 is 4.79 Å². The quantitative estimate of drug-likeness (QED) is 0.750. The van der Waals surface area contributed by atoms with Crippen molar-refractivity contribution in [1.29, 1.82) is 0 Å². The van der Waals surface area contributed by atoms with Crippen molar-refractivity contribution in [3.63, 3.8) is 0 Å². The first-order valence-electron chi connectivity index (χ1n) is 6.79. The van der Waals surface area contributed by atoms with E-state index in [1.54, 1.807) is 30.1 Å². The predicted molar refractivity (Wildman–Crippen MR) is 90.8 cm³/mol. The van der Waals surface area contributed by atoms with Crippen LogP contribution < -0.4 is 0 Å². The van der Waals surface area contributed by atoms with Gasteiger partial charge < -0.3 is 4.90 Å². The molecule has 2 aromatic carbocycles. The maximum absolute atomic E-state index is 12.4. The largest absolute Gasteiger partial charge is 0.337 e. The standard InChI is InChI=1S/C17H17BrClNO/c1-3-12-4-6-13(7-5-12)11-20(2)17(21)14-8-9-16(19)15(18)10-14/h4-10H,3,11H2,1-2H3. The average Bonchev–Trinajstić information content (AvgIpc) is 2.50. The Labute approximate surface area is 138 Å². The average molecular weight is 367 g/mol. The zero-order chi connectivity index (χ0) is 15.4. The zero-order valence-corrected chi connectivity index (χ0v) is 14.4. The van der Waals surface area contributed by atoms with Gasteiger partial charge in [-0.3, -0.25) is 4.79 Å². The van der Waals surface area contributed by atoms with E-state index in [2.05, 4.69) is 47.1 Å². The molecule has 0 saturated heterocycles. The second kappa shape index (κ2) is 7.10. The lowest BCUT2D eigenvalue weighted by atomic mass is 10.1. The number of nitrogens with zero attached hydrogens (tertiary/aromatic N) is 1. The number of hydrogen-bond donors (Lipinski definition) is 0. The Kier molecular flexibility index (Phi) is 5.43. The molecule has 0 heterocycles. The van der Waals surface area contributed by atoms with Gasteiger partial charge in [-0.2, -0.15) is 0 Å². The van der Waals surface area contributed by atoms with Gasteiger partial charge in [-0.25, -0.2) is 0 Å². The molecular weight excluding hydrogens is 350 g/mol. The molecule has 0 spiro atoms. The molecule has 1 amide bonds. The molecule has 0 atom stereocenters. The number of hydrogen-bond acceptors (Lipinski definition) is 1. The van der Waals surface area contributed by atoms with Crippen LogP contribution in [0.4, 0.5) is 0 Å². The molecule has 0 bridgehead atoms. The summed E-state index contributed by atoms with van der Waals surface area (Å²) in [6, 6.07) is 13.6. The summed E-state index contributed by atoms with van der Waals surface area (Å²) >= 11 is 9.29. The Morgan fingerprint density at radius 1 is 1.14 bits per heavy atom. The van der Waals surface area contributed by atoms with Crippen molar-refractivity contribution in [3.05, 3.63) is 68.7 Å². The molecule has 0 radical (unpaired) electrons. The molecule has 0 fully saturated rings. The van der Waals surface area contributed by atoms with Crippen molar-refractivity contribution >= 4 is 33.4 Å². The summed E-state index contributed by atoms with van der Waals surface area (Å²) in [4.78, 5) is 14.1. The highest BCUT2D eigenvalue weighted by Gasteiger charge is 2.13. The SMILES string of the molecule is CCc1ccc(CN(C)C(=O)c2ccc(Cl)c(Br)c2)cc1. The van der Waals surface area contributed by atoms with Crippen LogP contribution in [0.5, 0.6) is 0 Å². The second-order valence-corrected chi connectivity index (χ2v) is 6.22.